The van der Waals surface area contributed by atoms with E-state index in [1.54, 1.807) is 6.07 Å². The molecule has 2 heterocycles. The van der Waals surface area contributed by atoms with Gasteiger partial charge in [0.15, 0.2) is 6.04 Å². The second-order valence-electron chi connectivity index (χ2n) is 6.21. The minimum Gasteiger partial charge on any atom is -0.480 e. The number of rotatable bonds is 2. The lowest BCUT2D eigenvalue weighted by molar-refractivity contribution is -0.143. The van der Waals surface area contributed by atoms with Gasteiger partial charge in [-0.25, -0.2) is 4.79 Å². The molecule has 1 amide bonds. The van der Waals surface area contributed by atoms with Crippen molar-refractivity contribution < 1.29 is 19.4 Å². The number of likely N-dealkylation sites (tertiary alicyclic amines) is 1. The van der Waals surface area contributed by atoms with Gasteiger partial charge in [0, 0.05) is 31.0 Å². The van der Waals surface area contributed by atoms with E-state index >= 15 is 0 Å². The van der Waals surface area contributed by atoms with E-state index in [-0.39, 0.29) is 17.2 Å². The van der Waals surface area contributed by atoms with Crippen molar-refractivity contribution >= 4 is 35.1 Å². The second-order valence-corrected chi connectivity index (χ2v) is 7.06. The van der Waals surface area contributed by atoms with E-state index in [1.807, 2.05) is 7.05 Å². The topological polar surface area (TPSA) is 70.1 Å². The Bertz CT molecular complexity index is 674. The van der Waals surface area contributed by atoms with Crippen molar-refractivity contribution in [2.75, 3.05) is 26.7 Å². The van der Waals surface area contributed by atoms with Gasteiger partial charge in [0.25, 0.3) is 5.91 Å². The summed E-state index contributed by atoms with van der Waals surface area (Å²) in [4.78, 5) is 28.2. The highest BCUT2D eigenvalue weighted by Crippen LogP contribution is 2.39. The lowest BCUT2D eigenvalue weighted by Crippen LogP contribution is -2.57. The monoisotopic (exact) mass is 372 g/mol. The van der Waals surface area contributed by atoms with Crippen LogP contribution in [0.1, 0.15) is 23.2 Å². The van der Waals surface area contributed by atoms with Crippen LogP contribution in [-0.2, 0) is 9.53 Å². The molecule has 6 nitrogen and oxygen atoms in total. The van der Waals surface area contributed by atoms with Gasteiger partial charge in [-0.2, -0.15) is 0 Å². The summed E-state index contributed by atoms with van der Waals surface area (Å²) in [7, 11) is 1.98. The van der Waals surface area contributed by atoms with E-state index in [2.05, 4.69) is 4.90 Å². The number of ether oxygens (including phenoxy) is 1. The Kier molecular flexibility index (Phi) is 4.75. The highest BCUT2D eigenvalue weighted by Gasteiger charge is 2.54. The largest absolute Gasteiger partial charge is 0.480 e. The number of nitrogens with zero attached hydrogens (tertiary/aromatic N) is 2. The fourth-order valence-corrected chi connectivity index (χ4v) is 3.81. The fraction of sp³-hybridized carbons (Fsp3) is 0.500. The van der Waals surface area contributed by atoms with Crippen LogP contribution in [0, 0.1) is 0 Å². The molecule has 130 valence electrons. The Labute approximate surface area is 149 Å². The summed E-state index contributed by atoms with van der Waals surface area (Å²) in [5.41, 5.74) is -0.661. The SMILES string of the molecule is CN1CCC2(CC1)OC[C@H](C(=O)O)N2C(=O)c1ccc(Cl)cc1Cl. The van der Waals surface area contributed by atoms with E-state index in [4.69, 9.17) is 27.9 Å². The molecule has 0 bridgehead atoms. The number of hydrogen-bond acceptors (Lipinski definition) is 4. The second kappa shape index (κ2) is 6.52. The Balaban J connectivity index is 1.98. The van der Waals surface area contributed by atoms with E-state index < -0.39 is 23.6 Å². The van der Waals surface area contributed by atoms with Gasteiger partial charge < -0.3 is 14.7 Å². The number of halogens is 2. The van der Waals surface area contributed by atoms with Crippen LogP contribution in [0.25, 0.3) is 0 Å². The molecule has 1 aromatic carbocycles. The third kappa shape index (κ3) is 2.99. The number of carboxylic acids is 1. The maximum atomic E-state index is 13.1. The molecule has 1 spiro atoms. The summed E-state index contributed by atoms with van der Waals surface area (Å²) in [5.74, 6) is -1.52. The molecule has 1 N–H and O–H groups in total. The van der Waals surface area contributed by atoms with Crippen LogP contribution < -0.4 is 0 Å². The van der Waals surface area contributed by atoms with Crippen molar-refractivity contribution in [3.8, 4) is 0 Å². The van der Waals surface area contributed by atoms with Crippen molar-refractivity contribution in [1.29, 1.82) is 0 Å². The lowest BCUT2D eigenvalue weighted by atomic mass is 9.97. The zero-order valence-electron chi connectivity index (χ0n) is 13.2. The van der Waals surface area contributed by atoms with Gasteiger partial charge in [-0.3, -0.25) is 9.69 Å². The summed E-state index contributed by atoms with van der Waals surface area (Å²) in [6.07, 6.45) is 1.12. The average molecular weight is 373 g/mol. The zero-order chi connectivity index (χ0) is 17.5. The van der Waals surface area contributed by atoms with E-state index in [0.29, 0.717) is 17.9 Å². The molecule has 0 saturated carbocycles. The Morgan fingerprint density at radius 2 is 1.96 bits per heavy atom. The lowest BCUT2D eigenvalue weighted by Gasteiger charge is -2.43. The zero-order valence-corrected chi connectivity index (χ0v) is 14.7. The van der Waals surface area contributed by atoms with Gasteiger partial charge in [-0.15, -0.1) is 0 Å². The highest BCUT2D eigenvalue weighted by molar-refractivity contribution is 6.36. The van der Waals surface area contributed by atoms with Crippen molar-refractivity contribution in [3.63, 3.8) is 0 Å². The van der Waals surface area contributed by atoms with Crippen LogP contribution in [-0.4, -0.2) is 65.3 Å². The van der Waals surface area contributed by atoms with E-state index in [9.17, 15) is 14.7 Å². The van der Waals surface area contributed by atoms with Crippen molar-refractivity contribution in [2.45, 2.75) is 24.6 Å². The molecule has 2 saturated heterocycles. The number of carboxylic acid groups (broad SMARTS) is 1. The van der Waals surface area contributed by atoms with Gasteiger partial charge in [-0.1, -0.05) is 23.2 Å². The number of carbonyl (C=O) groups excluding carboxylic acids is 1. The predicted octanol–water partition coefficient (Wildman–Crippen LogP) is 2.34. The number of hydrogen-bond donors (Lipinski definition) is 1. The summed E-state index contributed by atoms with van der Waals surface area (Å²) in [6, 6.07) is 3.54. The number of carbonyl (C=O) groups is 2. The maximum Gasteiger partial charge on any atom is 0.328 e. The molecule has 2 aliphatic rings. The summed E-state index contributed by atoms with van der Waals surface area (Å²) in [5, 5.41) is 10.1. The quantitative estimate of drug-likeness (QED) is 0.862. The van der Waals surface area contributed by atoms with E-state index in [1.165, 1.54) is 17.0 Å². The molecular formula is C16H18Cl2N2O4. The van der Waals surface area contributed by atoms with Gasteiger partial charge in [0.05, 0.1) is 17.2 Å². The first-order chi connectivity index (χ1) is 11.3. The average Bonchev–Trinajstić information content (AvgIpc) is 2.89. The maximum absolute atomic E-state index is 13.1. The third-order valence-electron chi connectivity index (χ3n) is 4.69. The molecule has 1 atom stereocenters. The van der Waals surface area contributed by atoms with E-state index in [0.717, 1.165) is 13.1 Å². The van der Waals surface area contributed by atoms with Gasteiger partial charge in [0.2, 0.25) is 0 Å². The van der Waals surface area contributed by atoms with Crippen LogP contribution in [0.5, 0.6) is 0 Å². The molecule has 2 fully saturated rings. The number of piperidine rings is 1. The molecular weight excluding hydrogens is 355 g/mol. The van der Waals surface area contributed by atoms with Crippen molar-refractivity contribution in [2.24, 2.45) is 0 Å². The Morgan fingerprint density at radius 1 is 1.29 bits per heavy atom. The standard InChI is InChI=1S/C16H18Cl2N2O4/c1-19-6-4-16(5-7-19)20(13(9-24-16)15(22)23)14(21)11-3-2-10(17)8-12(11)18/h2-3,8,13H,4-7,9H2,1H3,(H,22,23)/t13-/m1/s1. The number of benzene rings is 1. The normalized spacial score (nSPS) is 23.6. The van der Waals surface area contributed by atoms with Crippen molar-refractivity contribution in [3.05, 3.63) is 33.8 Å². The third-order valence-corrected chi connectivity index (χ3v) is 5.24. The molecule has 0 aliphatic carbocycles. The molecule has 0 aromatic heterocycles. The minimum absolute atomic E-state index is 0.0179. The first-order valence-corrected chi connectivity index (χ1v) is 8.44. The van der Waals surface area contributed by atoms with Crippen LogP contribution in [0.15, 0.2) is 18.2 Å². The molecule has 3 rings (SSSR count). The first kappa shape index (κ1) is 17.5. The van der Waals surface area contributed by atoms with Crippen LogP contribution in [0.4, 0.5) is 0 Å². The first-order valence-electron chi connectivity index (χ1n) is 7.68. The van der Waals surface area contributed by atoms with Gasteiger partial charge in [0.1, 0.15) is 5.72 Å². The predicted molar refractivity (Wildman–Crippen MR) is 89.5 cm³/mol. The minimum atomic E-state index is -1.08. The van der Waals surface area contributed by atoms with Crippen LogP contribution in [0.2, 0.25) is 10.0 Å². The highest BCUT2D eigenvalue weighted by atomic mass is 35.5. The fourth-order valence-electron chi connectivity index (χ4n) is 3.32. The molecule has 24 heavy (non-hydrogen) atoms. The Hall–Kier alpha value is -1.34. The number of amides is 1. The number of aliphatic carboxylic acids is 1. The molecule has 1 aromatic rings. The molecule has 8 heteroatoms. The smallest absolute Gasteiger partial charge is 0.328 e. The molecule has 0 unspecified atom stereocenters. The summed E-state index contributed by atoms with van der Waals surface area (Å²) >= 11 is 12.0. The van der Waals surface area contributed by atoms with Crippen LogP contribution in [0.3, 0.4) is 0 Å². The van der Waals surface area contributed by atoms with Crippen LogP contribution >= 0.6 is 23.2 Å². The summed E-state index contributed by atoms with van der Waals surface area (Å²) in [6.45, 7) is 1.44. The summed E-state index contributed by atoms with van der Waals surface area (Å²) < 4.78 is 5.85. The van der Waals surface area contributed by atoms with Gasteiger partial charge in [-0.05, 0) is 25.2 Å². The van der Waals surface area contributed by atoms with Gasteiger partial charge >= 0.3 is 5.97 Å². The molecule has 2 aliphatic heterocycles. The Morgan fingerprint density at radius 3 is 2.54 bits per heavy atom. The molecule has 0 radical (unpaired) electrons. The van der Waals surface area contributed by atoms with Crippen molar-refractivity contribution in [1.82, 2.24) is 9.80 Å².